The van der Waals surface area contributed by atoms with Crippen LogP contribution >= 0.6 is 0 Å². The molecule has 0 radical (unpaired) electrons. The van der Waals surface area contributed by atoms with Crippen molar-refractivity contribution in [2.45, 2.75) is 25.3 Å². The largest absolute Gasteiger partial charge is 0.347 e. The Morgan fingerprint density at radius 3 is 3.10 bits per heavy atom. The molecule has 5 heteroatoms. The van der Waals surface area contributed by atoms with Gasteiger partial charge < -0.3 is 9.97 Å². The number of likely N-dealkylation sites (tertiary alicyclic amines) is 1. The lowest BCUT2D eigenvalue weighted by Gasteiger charge is -2.31. The highest BCUT2D eigenvalue weighted by Crippen LogP contribution is 2.27. The van der Waals surface area contributed by atoms with Crippen molar-refractivity contribution in [3.8, 4) is 0 Å². The van der Waals surface area contributed by atoms with E-state index < -0.39 is 0 Å². The Kier molecular flexibility index (Phi) is 3.20. The number of benzene rings is 1. The van der Waals surface area contributed by atoms with E-state index in [2.05, 4.69) is 38.1 Å². The number of nitrogens with zero attached hydrogens (tertiary/aromatic N) is 3. The number of fused-ring (bicyclic) bond motifs is 1. The molecule has 0 aliphatic carbocycles. The molecular weight excluding hydrogens is 262 g/mol. The zero-order valence-corrected chi connectivity index (χ0v) is 11.9. The van der Waals surface area contributed by atoms with Gasteiger partial charge in [-0.25, -0.2) is 9.97 Å². The lowest BCUT2D eigenvalue weighted by molar-refractivity contribution is 0.195. The SMILES string of the molecule is c1ccc2[nH]c([C@H]3CCCN(Cc4cnc[nH]4)C3)nc2c1. The van der Waals surface area contributed by atoms with Crippen LogP contribution in [0.3, 0.4) is 0 Å². The highest BCUT2D eigenvalue weighted by Gasteiger charge is 2.24. The van der Waals surface area contributed by atoms with Crippen LogP contribution in [-0.4, -0.2) is 37.9 Å². The van der Waals surface area contributed by atoms with Crippen LogP contribution < -0.4 is 0 Å². The van der Waals surface area contributed by atoms with Gasteiger partial charge in [-0.2, -0.15) is 0 Å². The average molecular weight is 281 g/mol. The molecule has 0 unspecified atom stereocenters. The predicted molar refractivity (Wildman–Crippen MR) is 81.9 cm³/mol. The zero-order valence-electron chi connectivity index (χ0n) is 11.9. The van der Waals surface area contributed by atoms with Gasteiger partial charge in [0.15, 0.2) is 0 Å². The standard InChI is InChI=1S/C16H19N5/c1-2-6-15-14(5-1)19-16(20-15)12-4-3-7-21(9-12)10-13-8-17-11-18-13/h1-2,5-6,8,11-12H,3-4,7,9-10H2,(H,17,18)(H,19,20)/t12-/m0/s1. The van der Waals surface area contributed by atoms with E-state index in [0.29, 0.717) is 5.92 Å². The van der Waals surface area contributed by atoms with Crippen LogP contribution in [0.2, 0.25) is 0 Å². The third-order valence-corrected chi connectivity index (χ3v) is 4.25. The molecule has 0 saturated carbocycles. The number of piperidine rings is 1. The second-order valence-corrected chi connectivity index (χ2v) is 5.79. The second kappa shape index (κ2) is 5.33. The summed E-state index contributed by atoms with van der Waals surface area (Å²) in [4.78, 5) is 18.0. The number of rotatable bonds is 3. The first-order valence-electron chi connectivity index (χ1n) is 7.53. The molecule has 1 aromatic carbocycles. The van der Waals surface area contributed by atoms with Gasteiger partial charge in [-0.05, 0) is 31.5 Å². The van der Waals surface area contributed by atoms with Gasteiger partial charge in [-0.1, -0.05) is 12.1 Å². The fourth-order valence-electron chi connectivity index (χ4n) is 3.20. The molecule has 0 spiro atoms. The molecule has 3 aromatic rings. The van der Waals surface area contributed by atoms with Gasteiger partial charge in [0, 0.05) is 30.9 Å². The summed E-state index contributed by atoms with van der Waals surface area (Å²) in [5, 5.41) is 0. The molecule has 1 aliphatic rings. The highest BCUT2D eigenvalue weighted by molar-refractivity contribution is 5.74. The third kappa shape index (κ3) is 2.56. The quantitative estimate of drug-likeness (QED) is 0.776. The lowest BCUT2D eigenvalue weighted by Crippen LogP contribution is -2.34. The second-order valence-electron chi connectivity index (χ2n) is 5.79. The van der Waals surface area contributed by atoms with Gasteiger partial charge in [0.1, 0.15) is 5.82 Å². The van der Waals surface area contributed by atoms with Crippen molar-refractivity contribution in [3.63, 3.8) is 0 Å². The smallest absolute Gasteiger partial charge is 0.111 e. The minimum absolute atomic E-state index is 0.495. The first-order chi connectivity index (χ1) is 10.4. The van der Waals surface area contributed by atoms with Gasteiger partial charge in [-0.15, -0.1) is 0 Å². The Morgan fingerprint density at radius 1 is 1.29 bits per heavy atom. The van der Waals surface area contributed by atoms with Gasteiger partial charge in [-0.3, -0.25) is 4.90 Å². The maximum Gasteiger partial charge on any atom is 0.111 e. The molecule has 0 bridgehead atoms. The average Bonchev–Trinajstić information content (AvgIpc) is 3.16. The van der Waals surface area contributed by atoms with Crippen LogP contribution in [0.15, 0.2) is 36.8 Å². The fraction of sp³-hybridized carbons (Fsp3) is 0.375. The van der Waals surface area contributed by atoms with Gasteiger partial charge in [0.05, 0.1) is 17.4 Å². The van der Waals surface area contributed by atoms with Crippen LogP contribution in [0, 0.1) is 0 Å². The van der Waals surface area contributed by atoms with Gasteiger partial charge in [0.25, 0.3) is 0 Å². The number of H-pyrrole nitrogens is 2. The van der Waals surface area contributed by atoms with Crippen LogP contribution in [0.1, 0.15) is 30.3 Å². The normalized spacial score (nSPS) is 20.1. The number of nitrogens with one attached hydrogen (secondary N) is 2. The Hall–Kier alpha value is -2.14. The Morgan fingerprint density at radius 2 is 2.24 bits per heavy atom. The molecule has 21 heavy (non-hydrogen) atoms. The van der Waals surface area contributed by atoms with Crippen molar-refractivity contribution in [1.82, 2.24) is 24.8 Å². The molecule has 1 saturated heterocycles. The van der Waals surface area contributed by atoms with E-state index in [-0.39, 0.29) is 0 Å². The predicted octanol–water partition coefficient (Wildman–Crippen LogP) is 2.67. The van der Waals surface area contributed by atoms with Crippen molar-refractivity contribution < 1.29 is 0 Å². The number of imidazole rings is 2. The summed E-state index contributed by atoms with van der Waals surface area (Å²) < 4.78 is 0. The minimum atomic E-state index is 0.495. The molecule has 3 heterocycles. The minimum Gasteiger partial charge on any atom is -0.347 e. The molecule has 2 aromatic heterocycles. The van der Waals surface area contributed by atoms with E-state index in [1.807, 2.05) is 12.3 Å². The van der Waals surface area contributed by atoms with Crippen LogP contribution in [0.25, 0.3) is 11.0 Å². The summed E-state index contributed by atoms with van der Waals surface area (Å²) in [5.41, 5.74) is 3.39. The summed E-state index contributed by atoms with van der Waals surface area (Å²) >= 11 is 0. The first kappa shape index (κ1) is 12.6. The van der Waals surface area contributed by atoms with Crippen molar-refractivity contribution in [3.05, 3.63) is 48.3 Å². The molecule has 4 rings (SSSR count). The van der Waals surface area contributed by atoms with Crippen LogP contribution in [0.5, 0.6) is 0 Å². The number of para-hydroxylation sites is 2. The van der Waals surface area contributed by atoms with Crippen molar-refractivity contribution in [2.24, 2.45) is 0 Å². The van der Waals surface area contributed by atoms with Crippen molar-refractivity contribution in [1.29, 1.82) is 0 Å². The highest BCUT2D eigenvalue weighted by atomic mass is 15.1. The Balaban J connectivity index is 1.52. The molecule has 1 aliphatic heterocycles. The molecule has 108 valence electrons. The number of hydrogen-bond donors (Lipinski definition) is 2. The van der Waals surface area contributed by atoms with E-state index in [9.17, 15) is 0 Å². The third-order valence-electron chi connectivity index (χ3n) is 4.25. The number of aromatic amines is 2. The van der Waals surface area contributed by atoms with E-state index in [0.717, 1.165) is 36.5 Å². The monoisotopic (exact) mass is 281 g/mol. The molecule has 0 amide bonds. The zero-order chi connectivity index (χ0) is 14.1. The fourth-order valence-corrected chi connectivity index (χ4v) is 3.20. The first-order valence-corrected chi connectivity index (χ1v) is 7.53. The number of aromatic nitrogens is 4. The molecular formula is C16H19N5. The molecule has 2 N–H and O–H groups in total. The van der Waals surface area contributed by atoms with E-state index in [4.69, 9.17) is 4.98 Å². The lowest BCUT2D eigenvalue weighted by atomic mass is 9.97. The molecule has 5 nitrogen and oxygen atoms in total. The van der Waals surface area contributed by atoms with Gasteiger partial charge in [0.2, 0.25) is 0 Å². The summed E-state index contributed by atoms with van der Waals surface area (Å²) in [6.07, 6.45) is 6.08. The summed E-state index contributed by atoms with van der Waals surface area (Å²) in [6.45, 7) is 3.14. The molecule has 1 atom stereocenters. The van der Waals surface area contributed by atoms with E-state index in [1.165, 1.54) is 18.5 Å². The maximum atomic E-state index is 4.77. The Labute approximate surface area is 123 Å². The summed E-state index contributed by atoms with van der Waals surface area (Å²) in [5.74, 6) is 1.62. The van der Waals surface area contributed by atoms with Crippen LogP contribution in [-0.2, 0) is 6.54 Å². The summed E-state index contributed by atoms with van der Waals surface area (Å²) in [7, 11) is 0. The van der Waals surface area contributed by atoms with Crippen molar-refractivity contribution >= 4 is 11.0 Å². The molecule has 1 fully saturated rings. The van der Waals surface area contributed by atoms with Gasteiger partial charge >= 0.3 is 0 Å². The van der Waals surface area contributed by atoms with E-state index in [1.54, 1.807) is 6.33 Å². The topological polar surface area (TPSA) is 60.6 Å². The Bertz CT molecular complexity index is 682. The van der Waals surface area contributed by atoms with Crippen molar-refractivity contribution in [2.75, 3.05) is 13.1 Å². The number of hydrogen-bond acceptors (Lipinski definition) is 3. The maximum absolute atomic E-state index is 4.77. The van der Waals surface area contributed by atoms with Crippen LogP contribution in [0.4, 0.5) is 0 Å². The van der Waals surface area contributed by atoms with E-state index >= 15 is 0 Å². The summed E-state index contributed by atoms with van der Waals surface area (Å²) in [6, 6.07) is 8.26.